The Morgan fingerprint density at radius 3 is 2.59 bits per heavy atom. The quantitative estimate of drug-likeness (QED) is 0.599. The molecule has 0 unspecified atom stereocenters. The molecule has 3 aromatic rings. The topological polar surface area (TPSA) is 82.7 Å². The average molecular weight is 370 g/mol. The van der Waals surface area contributed by atoms with Gasteiger partial charge in [-0.05, 0) is 24.3 Å². The monoisotopic (exact) mass is 370 g/mol. The van der Waals surface area contributed by atoms with Crippen LogP contribution in [0.5, 0.6) is 11.5 Å². The first kappa shape index (κ1) is 18.7. The third kappa shape index (κ3) is 4.01. The maximum absolute atomic E-state index is 5.44. The van der Waals surface area contributed by atoms with Crippen LogP contribution in [-0.2, 0) is 4.74 Å². The molecule has 3 rings (SSSR count). The van der Waals surface area contributed by atoms with E-state index in [-0.39, 0.29) is 0 Å². The van der Waals surface area contributed by atoms with Crippen LogP contribution in [0, 0.1) is 0 Å². The molecule has 8 nitrogen and oxygen atoms in total. The molecule has 0 saturated carbocycles. The van der Waals surface area contributed by atoms with Gasteiger partial charge in [0.1, 0.15) is 5.82 Å². The lowest BCUT2D eigenvalue weighted by atomic mass is 10.1. The number of aromatic nitrogens is 3. The molecular formula is C19H22N4O4. The second kappa shape index (κ2) is 8.50. The molecule has 0 saturated heterocycles. The van der Waals surface area contributed by atoms with E-state index in [1.165, 1.54) is 0 Å². The second-order valence-electron chi connectivity index (χ2n) is 5.78. The van der Waals surface area contributed by atoms with Crippen LogP contribution in [0.4, 0.5) is 5.82 Å². The molecule has 1 aromatic carbocycles. The summed E-state index contributed by atoms with van der Waals surface area (Å²) in [5.41, 5.74) is 1.43. The Balaban J connectivity index is 1.84. The van der Waals surface area contributed by atoms with Crippen molar-refractivity contribution in [2.75, 3.05) is 46.4 Å². The summed E-state index contributed by atoms with van der Waals surface area (Å²) >= 11 is 0. The van der Waals surface area contributed by atoms with Crippen molar-refractivity contribution in [3.63, 3.8) is 0 Å². The number of para-hydroxylation sites is 1. The molecule has 0 aliphatic carbocycles. The van der Waals surface area contributed by atoms with E-state index in [4.69, 9.17) is 18.7 Å². The van der Waals surface area contributed by atoms with Crippen LogP contribution in [0.25, 0.3) is 22.8 Å². The van der Waals surface area contributed by atoms with Gasteiger partial charge in [-0.15, -0.1) is 0 Å². The Hall–Kier alpha value is -3.13. The fraction of sp³-hybridized carbons (Fsp3) is 0.316. The molecule has 27 heavy (non-hydrogen) atoms. The van der Waals surface area contributed by atoms with Gasteiger partial charge in [0.15, 0.2) is 11.5 Å². The number of anilines is 1. The first-order chi connectivity index (χ1) is 13.2. The zero-order valence-corrected chi connectivity index (χ0v) is 15.8. The molecule has 0 aliphatic rings. The summed E-state index contributed by atoms with van der Waals surface area (Å²) in [5.74, 6) is 2.80. The molecule has 0 bridgehead atoms. The van der Waals surface area contributed by atoms with Gasteiger partial charge in [-0.2, -0.15) is 4.98 Å². The van der Waals surface area contributed by atoms with Crippen LogP contribution < -0.4 is 14.4 Å². The maximum atomic E-state index is 5.44. The van der Waals surface area contributed by atoms with E-state index in [0.717, 1.165) is 17.9 Å². The lowest BCUT2D eigenvalue weighted by molar-refractivity contribution is 0.206. The minimum absolute atomic E-state index is 0.383. The van der Waals surface area contributed by atoms with Crippen LogP contribution in [0.1, 0.15) is 0 Å². The van der Waals surface area contributed by atoms with Gasteiger partial charge in [-0.1, -0.05) is 11.2 Å². The zero-order chi connectivity index (χ0) is 19.2. The Bertz CT molecular complexity index is 880. The van der Waals surface area contributed by atoms with Crippen molar-refractivity contribution in [3.05, 3.63) is 36.5 Å². The fourth-order valence-corrected chi connectivity index (χ4v) is 2.59. The third-order valence-corrected chi connectivity index (χ3v) is 4.09. The molecule has 0 spiro atoms. The van der Waals surface area contributed by atoms with Crippen molar-refractivity contribution in [2.24, 2.45) is 0 Å². The highest BCUT2D eigenvalue weighted by molar-refractivity contribution is 5.69. The van der Waals surface area contributed by atoms with E-state index >= 15 is 0 Å². The van der Waals surface area contributed by atoms with Gasteiger partial charge in [0.05, 0.1) is 32.0 Å². The van der Waals surface area contributed by atoms with Gasteiger partial charge in [0.25, 0.3) is 5.89 Å². The Morgan fingerprint density at radius 1 is 1.07 bits per heavy atom. The number of likely N-dealkylation sites (N-methyl/N-ethyl adjacent to an activating group) is 1. The lowest BCUT2D eigenvalue weighted by Gasteiger charge is -2.17. The van der Waals surface area contributed by atoms with Crippen molar-refractivity contribution in [1.82, 2.24) is 15.1 Å². The first-order valence-corrected chi connectivity index (χ1v) is 8.39. The maximum Gasteiger partial charge on any atom is 0.259 e. The number of benzene rings is 1. The van der Waals surface area contributed by atoms with Crippen LogP contribution in [-0.4, -0.2) is 56.7 Å². The summed E-state index contributed by atoms with van der Waals surface area (Å²) in [6.45, 7) is 1.39. The molecule has 0 fully saturated rings. The van der Waals surface area contributed by atoms with Crippen LogP contribution in [0.3, 0.4) is 0 Å². The van der Waals surface area contributed by atoms with Gasteiger partial charge in [-0.3, -0.25) is 0 Å². The molecule has 0 atom stereocenters. The molecule has 0 radical (unpaired) electrons. The molecule has 0 amide bonds. The normalized spacial score (nSPS) is 10.7. The van der Waals surface area contributed by atoms with E-state index in [1.54, 1.807) is 27.5 Å². The fourth-order valence-electron chi connectivity index (χ4n) is 2.59. The predicted octanol–water partition coefficient (Wildman–Crippen LogP) is 2.90. The van der Waals surface area contributed by atoms with Crippen LogP contribution >= 0.6 is 0 Å². The molecule has 0 aliphatic heterocycles. The number of methoxy groups -OCH3 is 3. The smallest absolute Gasteiger partial charge is 0.259 e. The number of nitrogens with zero attached hydrogens (tertiary/aromatic N) is 4. The Morgan fingerprint density at radius 2 is 1.93 bits per heavy atom. The van der Waals surface area contributed by atoms with Crippen molar-refractivity contribution < 1.29 is 18.7 Å². The second-order valence-corrected chi connectivity index (χ2v) is 5.78. The summed E-state index contributed by atoms with van der Waals surface area (Å²) in [5, 5.41) is 4.07. The zero-order valence-electron chi connectivity index (χ0n) is 15.8. The highest BCUT2D eigenvalue weighted by Gasteiger charge is 2.17. The van der Waals surface area contributed by atoms with Crippen molar-refractivity contribution in [3.8, 4) is 34.3 Å². The molecule has 142 valence electrons. The highest BCUT2D eigenvalue weighted by Crippen LogP contribution is 2.37. The van der Waals surface area contributed by atoms with Crippen molar-refractivity contribution in [1.29, 1.82) is 0 Å². The number of ether oxygens (including phenoxy) is 3. The Kier molecular flexibility index (Phi) is 5.87. The SMILES string of the molecule is COCCN(C)c1ccc(-c2nc(-c3cccc(OC)c3OC)no2)cn1. The predicted molar refractivity (Wildman–Crippen MR) is 101 cm³/mol. The first-order valence-electron chi connectivity index (χ1n) is 8.39. The third-order valence-electron chi connectivity index (χ3n) is 4.09. The van der Waals surface area contributed by atoms with Crippen LogP contribution in [0.2, 0.25) is 0 Å². The van der Waals surface area contributed by atoms with E-state index in [0.29, 0.717) is 35.4 Å². The summed E-state index contributed by atoms with van der Waals surface area (Å²) in [6, 6.07) is 9.31. The molecule has 2 aromatic heterocycles. The summed E-state index contributed by atoms with van der Waals surface area (Å²) < 4.78 is 21.3. The minimum atomic E-state index is 0.383. The van der Waals surface area contributed by atoms with Gasteiger partial charge in [-0.25, -0.2) is 4.98 Å². The number of hydrogen-bond donors (Lipinski definition) is 0. The number of hydrogen-bond acceptors (Lipinski definition) is 8. The summed E-state index contributed by atoms with van der Waals surface area (Å²) in [7, 11) is 6.79. The number of rotatable bonds is 8. The molecular weight excluding hydrogens is 348 g/mol. The van der Waals surface area contributed by atoms with E-state index in [1.807, 2.05) is 42.3 Å². The molecule has 0 N–H and O–H groups in total. The Labute approximate surface area is 157 Å². The van der Waals surface area contributed by atoms with Gasteiger partial charge in [0, 0.05) is 26.9 Å². The van der Waals surface area contributed by atoms with Crippen molar-refractivity contribution >= 4 is 5.82 Å². The van der Waals surface area contributed by atoms with E-state index in [9.17, 15) is 0 Å². The molecule has 2 heterocycles. The minimum Gasteiger partial charge on any atom is -0.493 e. The highest BCUT2D eigenvalue weighted by atomic mass is 16.5. The van der Waals surface area contributed by atoms with Gasteiger partial charge < -0.3 is 23.6 Å². The largest absolute Gasteiger partial charge is 0.493 e. The van der Waals surface area contributed by atoms with E-state index < -0.39 is 0 Å². The van der Waals surface area contributed by atoms with Crippen LogP contribution in [0.15, 0.2) is 41.1 Å². The standard InChI is InChI=1S/C19H22N4O4/c1-23(10-11-24-2)16-9-8-13(12-20-16)19-21-18(22-27-19)14-6-5-7-15(25-3)17(14)26-4/h5-9,12H,10-11H2,1-4H3. The summed E-state index contributed by atoms with van der Waals surface area (Å²) in [4.78, 5) is 10.9. The van der Waals surface area contributed by atoms with Crippen molar-refractivity contribution in [2.45, 2.75) is 0 Å². The number of pyridine rings is 1. The lowest BCUT2D eigenvalue weighted by Crippen LogP contribution is -2.22. The van der Waals surface area contributed by atoms with Gasteiger partial charge >= 0.3 is 0 Å². The molecule has 8 heteroatoms. The average Bonchev–Trinajstić information content (AvgIpc) is 3.21. The van der Waals surface area contributed by atoms with E-state index in [2.05, 4.69) is 15.1 Å². The van der Waals surface area contributed by atoms with Gasteiger partial charge in [0.2, 0.25) is 5.82 Å². The summed E-state index contributed by atoms with van der Waals surface area (Å²) in [6.07, 6.45) is 1.71.